The minimum Gasteiger partial charge on any atom is -0.497 e. The number of hydrogen-bond acceptors (Lipinski definition) is 7. The van der Waals surface area contributed by atoms with Crippen LogP contribution < -0.4 is 10.1 Å². The van der Waals surface area contributed by atoms with E-state index in [0.29, 0.717) is 36.7 Å². The summed E-state index contributed by atoms with van der Waals surface area (Å²) in [5.74, 6) is 1.60. The van der Waals surface area contributed by atoms with E-state index in [1.807, 2.05) is 11.3 Å². The van der Waals surface area contributed by atoms with Gasteiger partial charge in [-0.3, -0.25) is 4.79 Å². The van der Waals surface area contributed by atoms with Gasteiger partial charge in [0.25, 0.3) is 0 Å². The molecule has 2 aromatic rings. The normalized spacial score (nSPS) is 23.4. The van der Waals surface area contributed by atoms with Crippen molar-refractivity contribution < 1.29 is 22.7 Å². The second-order valence-corrected chi connectivity index (χ2v) is 13.5. The van der Waals surface area contributed by atoms with E-state index < -0.39 is 10.0 Å². The van der Waals surface area contributed by atoms with Gasteiger partial charge in [0.1, 0.15) is 12.4 Å². The third kappa shape index (κ3) is 7.15. The summed E-state index contributed by atoms with van der Waals surface area (Å²) in [5, 5.41) is 5.19. The number of nitrogens with one attached hydrogen (secondary N) is 1. The molecular weight excluding hydrogens is 522 g/mol. The van der Waals surface area contributed by atoms with Gasteiger partial charge in [0.2, 0.25) is 15.9 Å². The van der Waals surface area contributed by atoms with E-state index in [-0.39, 0.29) is 30.1 Å². The van der Waals surface area contributed by atoms with Crippen LogP contribution in [-0.4, -0.2) is 77.1 Å². The van der Waals surface area contributed by atoms with E-state index in [0.717, 1.165) is 38.5 Å². The molecule has 1 aromatic carbocycles. The van der Waals surface area contributed by atoms with Crippen molar-refractivity contribution in [3.63, 3.8) is 0 Å². The molecular formula is C28H41N3O5S2. The van der Waals surface area contributed by atoms with Gasteiger partial charge in [-0.05, 0) is 100 Å². The zero-order valence-electron chi connectivity index (χ0n) is 22.7. The molecule has 2 heterocycles. The zero-order valence-corrected chi connectivity index (χ0v) is 24.3. The summed E-state index contributed by atoms with van der Waals surface area (Å²) in [7, 11) is 2.25. The number of nitrogens with zero attached hydrogens (tertiary/aromatic N) is 2. The van der Waals surface area contributed by atoms with Crippen molar-refractivity contribution in [2.24, 2.45) is 11.8 Å². The molecule has 1 aromatic heterocycles. The van der Waals surface area contributed by atoms with E-state index >= 15 is 0 Å². The SMILES string of the molecule is COc1ccc(S(=O)(=O)N2CCCC2COCC(=O)NCC2CCC(C(c3cccs3)N(C)C)CC2)cc1. The average Bonchev–Trinajstić information content (AvgIpc) is 3.61. The summed E-state index contributed by atoms with van der Waals surface area (Å²) < 4.78 is 38.6. The minimum atomic E-state index is -3.62. The molecule has 1 N–H and O–H groups in total. The van der Waals surface area contributed by atoms with Crippen molar-refractivity contribution in [2.45, 2.75) is 55.5 Å². The second-order valence-electron chi connectivity index (χ2n) is 10.6. The second kappa shape index (κ2) is 13.4. The highest BCUT2D eigenvalue weighted by atomic mass is 32.2. The summed E-state index contributed by atoms with van der Waals surface area (Å²) >= 11 is 1.83. The first-order valence-electron chi connectivity index (χ1n) is 13.5. The number of thiophene rings is 1. The molecule has 210 valence electrons. The van der Waals surface area contributed by atoms with Crippen LogP contribution in [0.25, 0.3) is 0 Å². The molecule has 2 aliphatic rings. The van der Waals surface area contributed by atoms with Crippen LogP contribution in [0.3, 0.4) is 0 Å². The summed E-state index contributed by atoms with van der Waals surface area (Å²) in [6, 6.07) is 11.0. The Balaban J connectivity index is 1.18. The van der Waals surface area contributed by atoms with E-state index in [9.17, 15) is 13.2 Å². The van der Waals surface area contributed by atoms with Crippen molar-refractivity contribution in [3.8, 4) is 5.75 Å². The standard InChI is InChI=1S/C28H41N3O5S2/c1-30(2)28(26-7-5-17-37-26)22-10-8-21(9-11-22)18-29-27(32)20-36-19-23-6-4-16-31(23)38(33,34)25-14-12-24(35-3)13-15-25/h5,7,12-15,17,21-23,28H,4,6,8-11,16,18-20H2,1-3H3,(H,29,32). The van der Waals surface area contributed by atoms with E-state index in [1.165, 1.54) is 9.18 Å². The maximum Gasteiger partial charge on any atom is 0.246 e. The van der Waals surface area contributed by atoms with Gasteiger partial charge in [-0.15, -0.1) is 11.3 Å². The molecule has 1 amide bonds. The molecule has 8 nitrogen and oxygen atoms in total. The average molecular weight is 564 g/mol. The topological polar surface area (TPSA) is 88.2 Å². The number of carbonyl (C=O) groups excluding carboxylic acids is 1. The van der Waals surface area contributed by atoms with Crippen molar-refractivity contribution in [1.82, 2.24) is 14.5 Å². The Morgan fingerprint density at radius 3 is 2.50 bits per heavy atom. The first-order chi connectivity index (χ1) is 18.3. The predicted molar refractivity (Wildman–Crippen MR) is 150 cm³/mol. The van der Waals surface area contributed by atoms with Gasteiger partial charge in [-0.1, -0.05) is 6.07 Å². The zero-order chi connectivity index (χ0) is 27.1. The molecule has 2 fully saturated rings. The fraction of sp³-hybridized carbons (Fsp3) is 0.607. The lowest BCUT2D eigenvalue weighted by atomic mass is 9.77. The van der Waals surface area contributed by atoms with Crippen LogP contribution in [0, 0.1) is 11.8 Å². The Labute approximate surface area is 231 Å². The predicted octanol–water partition coefficient (Wildman–Crippen LogP) is 4.15. The van der Waals surface area contributed by atoms with Gasteiger partial charge in [-0.25, -0.2) is 8.42 Å². The summed E-state index contributed by atoms with van der Waals surface area (Å²) in [6.07, 6.45) is 6.05. The summed E-state index contributed by atoms with van der Waals surface area (Å²) in [5.41, 5.74) is 0. The molecule has 38 heavy (non-hydrogen) atoms. The van der Waals surface area contributed by atoms with Crippen molar-refractivity contribution in [3.05, 3.63) is 46.7 Å². The maximum absolute atomic E-state index is 13.1. The molecule has 0 radical (unpaired) electrons. The molecule has 2 unspecified atom stereocenters. The molecule has 0 spiro atoms. The van der Waals surface area contributed by atoms with Gasteiger partial charge >= 0.3 is 0 Å². The van der Waals surface area contributed by atoms with Crippen LogP contribution in [0.15, 0.2) is 46.7 Å². The Bertz CT molecular complexity index is 1110. The smallest absolute Gasteiger partial charge is 0.246 e. The lowest BCUT2D eigenvalue weighted by Crippen LogP contribution is -2.39. The summed E-state index contributed by atoms with van der Waals surface area (Å²) in [6.45, 7) is 1.28. The Kier molecular flexibility index (Phi) is 10.2. The van der Waals surface area contributed by atoms with Gasteiger partial charge in [-0.2, -0.15) is 4.31 Å². The molecule has 1 aliphatic heterocycles. The van der Waals surface area contributed by atoms with Crippen LogP contribution in [-0.2, 0) is 19.6 Å². The summed E-state index contributed by atoms with van der Waals surface area (Å²) in [4.78, 5) is 16.5. The number of sulfonamides is 1. The number of rotatable bonds is 12. The van der Waals surface area contributed by atoms with Gasteiger partial charge in [0.15, 0.2) is 0 Å². The quantitative estimate of drug-likeness (QED) is 0.418. The molecule has 1 aliphatic carbocycles. The number of ether oxygens (including phenoxy) is 2. The van der Waals surface area contributed by atoms with Crippen LogP contribution in [0.4, 0.5) is 0 Å². The fourth-order valence-electron chi connectivity index (χ4n) is 5.85. The van der Waals surface area contributed by atoms with Crippen molar-refractivity contribution in [1.29, 1.82) is 0 Å². The van der Waals surface area contributed by atoms with E-state index in [1.54, 1.807) is 31.4 Å². The lowest BCUT2D eigenvalue weighted by Gasteiger charge is -2.37. The molecule has 10 heteroatoms. The van der Waals surface area contributed by atoms with Crippen LogP contribution >= 0.6 is 11.3 Å². The lowest BCUT2D eigenvalue weighted by molar-refractivity contribution is -0.126. The minimum absolute atomic E-state index is 0.0522. The van der Waals surface area contributed by atoms with Gasteiger partial charge in [0.05, 0.1) is 18.6 Å². The third-order valence-electron chi connectivity index (χ3n) is 7.85. The molecule has 1 saturated heterocycles. The fourth-order valence-corrected chi connectivity index (χ4v) is 8.54. The van der Waals surface area contributed by atoms with E-state index in [4.69, 9.17) is 9.47 Å². The van der Waals surface area contributed by atoms with Crippen LogP contribution in [0.1, 0.15) is 49.4 Å². The highest BCUT2D eigenvalue weighted by molar-refractivity contribution is 7.89. The number of carbonyl (C=O) groups is 1. The van der Waals surface area contributed by atoms with Crippen molar-refractivity contribution in [2.75, 3.05) is 47.5 Å². The molecule has 4 rings (SSSR count). The van der Waals surface area contributed by atoms with Crippen molar-refractivity contribution >= 4 is 27.3 Å². The monoisotopic (exact) mass is 563 g/mol. The van der Waals surface area contributed by atoms with Gasteiger partial charge < -0.3 is 19.7 Å². The number of benzene rings is 1. The van der Waals surface area contributed by atoms with Gasteiger partial charge in [0, 0.05) is 30.1 Å². The first-order valence-corrected chi connectivity index (χ1v) is 15.8. The number of amides is 1. The Morgan fingerprint density at radius 2 is 1.87 bits per heavy atom. The van der Waals surface area contributed by atoms with Crippen LogP contribution in [0.5, 0.6) is 5.75 Å². The van der Waals surface area contributed by atoms with E-state index in [2.05, 4.69) is 41.8 Å². The third-order valence-corrected chi connectivity index (χ3v) is 10.8. The maximum atomic E-state index is 13.1. The number of methoxy groups -OCH3 is 1. The Hall–Kier alpha value is -1.98. The first kappa shape index (κ1) is 29.0. The highest BCUT2D eigenvalue weighted by Crippen LogP contribution is 2.40. The Morgan fingerprint density at radius 1 is 1.13 bits per heavy atom. The highest BCUT2D eigenvalue weighted by Gasteiger charge is 2.35. The molecule has 1 saturated carbocycles. The number of hydrogen-bond donors (Lipinski definition) is 1. The molecule has 2 atom stereocenters. The molecule has 0 bridgehead atoms. The van der Waals surface area contributed by atoms with Crippen LogP contribution in [0.2, 0.25) is 0 Å². The largest absolute Gasteiger partial charge is 0.497 e.